The highest BCUT2D eigenvalue weighted by Gasteiger charge is 2.33. The van der Waals surface area contributed by atoms with Gasteiger partial charge in [-0.2, -0.15) is 0 Å². The Kier molecular flexibility index (Phi) is 2.96. The van der Waals surface area contributed by atoms with Gasteiger partial charge in [0.1, 0.15) is 0 Å². The first kappa shape index (κ1) is 11.3. The Hall–Kier alpha value is -0.820. The van der Waals surface area contributed by atoms with Crippen LogP contribution in [-0.2, 0) is 12.8 Å². The number of hydrogen-bond donors (Lipinski definition) is 0. The van der Waals surface area contributed by atoms with E-state index in [-0.39, 0.29) is 0 Å². The third kappa shape index (κ3) is 2.01. The van der Waals surface area contributed by atoms with Crippen LogP contribution in [0.4, 0.5) is 0 Å². The van der Waals surface area contributed by atoms with Crippen LogP contribution in [0.3, 0.4) is 0 Å². The molecule has 2 aliphatic carbocycles. The Bertz CT molecular complexity index is 394. The predicted octanol–water partition coefficient (Wildman–Crippen LogP) is 3.23. The lowest BCUT2D eigenvalue weighted by atomic mass is 9.68. The van der Waals surface area contributed by atoms with Gasteiger partial charge in [0.25, 0.3) is 0 Å². The maximum atomic E-state index is 2.37. The molecule has 0 amide bonds. The first-order valence-corrected chi connectivity index (χ1v) is 7.01. The van der Waals surface area contributed by atoms with Crippen molar-refractivity contribution in [2.45, 2.75) is 38.0 Å². The topological polar surface area (TPSA) is 3.24 Å². The van der Waals surface area contributed by atoms with Gasteiger partial charge >= 0.3 is 0 Å². The second kappa shape index (κ2) is 4.45. The average Bonchev–Trinajstić information content (AvgIpc) is 2.33. The summed E-state index contributed by atoms with van der Waals surface area (Å²) in [6, 6.07) is 6.99. The van der Waals surface area contributed by atoms with E-state index in [0.717, 1.165) is 11.8 Å². The van der Waals surface area contributed by atoms with Crippen LogP contribution in [0.1, 0.15) is 41.9 Å². The minimum absolute atomic E-state index is 0.853. The molecule has 2 atom stereocenters. The van der Waals surface area contributed by atoms with Crippen molar-refractivity contribution in [1.82, 2.24) is 4.90 Å². The predicted molar refractivity (Wildman–Crippen MR) is 72.5 cm³/mol. The number of hydrogen-bond acceptors (Lipinski definition) is 1. The van der Waals surface area contributed by atoms with Crippen LogP contribution in [0.25, 0.3) is 0 Å². The van der Waals surface area contributed by atoms with Crippen molar-refractivity contribution in [2.24, 2.45) is 5.92 Å². The molecule has 1 aromatic rings. The van der Waals surface area contributed by atoms with Crippen LogP contribution in [0.5, 0.6) is 0 Å². The molecule has 92 valence electrons. The molecule has 3 rings (SSSR count). The minimum Gasteiger partial charge on any atom is -0.309 e. The molecule has 0 N–H and O–H groups in total. The van der Waals surface area contributed by atoms with Crippen molar-refractivity contribution in [3.05, 3.63) is 34.9 Å². The summed E-state index contributed by atoms with van der Waals surface area (Å²) in [7, 11) is 4.43. The lowest BCUT2D eigenvalue weighted by molar-refractivity contribution is 0.250. The summed E-state index contributed by atoms with van der Waals surface area (Å²) in [4.78, 5) is 2.37. The molecule has 2 aliphatic rings. The molecule has 0 aliphatic heterocycles. The molecule has 1 heteroatoms. The molecule has 1 aromatic carbocycles. The van der Waals surface area contributed by atoms with E-state index in [1.54, 1.807) is 16.7 Å². The highest BCUT2D eigenvalue weighted by Crippen LogP contribution is 2.44. The van der Waals surface area contributed by atoms with Gasteiger partial charge in [-0.05, 0) is 74.7 Å². The van der Waals surface area contributed by atoms with Crippen LogP contribution in [0.15, 0.2) is 18.2 Å². The van der Waals surface area contributed by atoms with E-state index in [0.29, 0.717) is 0 Å². The molecule has 0 bridgehead atoms. The molecule has 17 heavy (non-hydrogen) atoms. The van der Waals surface area contributed by atoms with Gasteiger partial charge in [0.2, 0.25) is 0 Å². The van der Waals surface area contributed by atoms with E-state index in [1.807, 2.05) is 0 Å². The Morgan fingerprint density at radius 1 is 1.12 bits per heavy atom. The van der Waals surface area contributed by atoms with Crippen molar-refractivity contribution < 1.29 is 0 Å². The normalized spacial score (nSPS) is 27.0. The maximum absolute atomic E-state index is 2.37. The maximum Gasteiger partial charge on any atom is 0.000952 e. The molecule has 0 aromatic heterocycles. The molecule has 0 heterocycles. The molecule has 1 nitrogen and oxygen atoms in total. The van der Waals surface area contributed by atoms with Gasteiger partial charge in [-0.15, -0.1) is 0 Å². The largest absolute Gasteiger partial charge is 0.309 e. The van der Waals surface area contributed by atoms with Gasteiger partial charge < -0.3 is 4.90 Å². The first-order chi connectivity index (χ1) is 8.25. The van der Waals surface area contributed by atoms with Crippen LogP contribution < -0.4 is 0 Å². The zero-order valence-corrected chi connectivity index (χ0v) is 11.1. The Labute approximate surface area is 105 Å². The molecule has 0 fully saturated rings. The van der Waals surface area contributed by atoms with Crippen LogP contribution in [0.2, 0.25) is 0 Å². The van der Waals surface area contributed by atoms with Gasteiger partial charge in [0, 0.05) is 6.54 Å². The third-order valence-corrected chi connectivity index (χ3v) is 4.57. The lowest BCUT2D eigenvalue weighted by Gasteiger charge is -2.39. The average molecular weight is 229 g/mol. The standard InChI is InChI=1S/C16H23N/c1-17(2)11-14-10-9-13-6-3-5-12-7-4-8-15(14)16(12)13/h3,5-6,14-15H,4,7-11H2,1-2H3. The van der Waals surface area contributed by atoms with Crippen LogP contribution in [-0.4, -0.2) is 25.5 Å². The van der Waals surface area contributed by atoms with E-state index < -0.39 is 0 Å². The summed E-state index contributed by atoms with van der Waals surface area (Å²) in [6.45, 7) is 1.26. The van der Waals surface area contributed by atoms with Gasteiger partial charge in [0.15, 0.2) is 0 Å². The molecule has 0 saturated heterocycles. The van der Waals surface area contributed by atoms with Gasteiger partial charge in [0.05, 0.1) is 0 Å². The first-order valence-electron chi connectivity index (χ1n) is 7.01. The lowest BCUT2D eigenvalue weighted by Crippen LogP contribution is -2.32. The van der Waals surface area contributed by atoms with E-state index in [1.165, 1.54) is 38.6 Å². The van der Waals surface area contributed by atoms with E-state index in [4.69, 9.17) is 0 Å². The summed E-state index contributed by atoms with van der Waals surface area (Å²) in [5.74, 6) is 1.74. The second-order valence-corrected chi connectivity index (χ2v) is 6.05. The zero-order valence-electron chi connectivity index (χ0n) is 11.1. The van der Waals surface area contributed by atoms with Gasteiger partial charge in [-0.3, -0.25) is 0 Å². The molecule has 2 unspecified atom stereocenters. The number of nitrogens with zero attached hydrogens (tertiary/aromatic N) is 1. The number of benzene rings is 1. The molecular weight excluding hydrogens is 206 g/mol. The Morgan fingerprint density at radius 2 is 1.88 bits per heavy atom. The minimum atomic E-state index is 0.853. The van der Waals surface area contributed by atoms with Crippen molar-refractivity contribution in [2.75, 3.05) is 20.6 Å². The van der Waals surface area contributed by atoms with E-state index in [2.05, 4.69) is 37.2 Å². The van der Waals surface area contributed by atoms with Gasteiger partial charge in [-0.1, -0.05) is 18.2 Å². The fourth-order valence-electron chi connectivity index (χ4n) is 3.94. The molecule has 0 spiro atoms. The molecular formula is C16H23N. The highest BCUT2D eigenvalue weighted by molar-refractivity contribution is 5.42. The molecule has 0 radical (unpaired) electrons. The van der Waals surface area contributed by atoms with Crippen molar-refractivity contribution in [3.63, 3.8) is 0 Å². The summed E-state index contributed by atoms with van der Waals surface area (Å²) >= 11 is 0. The van der Waals surface area contributed by atoms with Crippen molar-refractivity contribution >= 4 is 0 Å². The summed E-state index contributed by atoms with van der Waals surface area (Å²) in [5.41, 5.74) is 5.06. The van der Waals surface area contributed by atoms with Crippen LogP contribution in [0, 0.1) is 5.92 Å². The summed E-state index contributed by atoms with van der Waals surface area (Å²) in [5, 5.41) is 0. The fourth-order valence-corrected chi connectivity index (χ4v) is 3.94. The Morgan fingerprint density at radius 3 is 2.65 bits per heavy atom. The van der Waals surface area contributed by atoms with Crippen molar-refractivity contribution in [3.8, 4) is 0 Å². The van der Waals surface area contributed by atoms with Gasteiger partial charge in [-0.25, -0.2) is 0 Å². The summed E-state index contributed by atoms with van der Waals surface area (Å²) in [6.07, 6.45) is 6.82. The van der Waals surface area contributed by atoms with Crippen LogP contribution >= 0.6 is 0 Å². The number of aryl methyl sites for hydroxylation is 2. The second-order valence-electron chi connectivity index (χ2n) is 6.05. The molecule has 0 saturated carbocycles. The monoisotopic (exact) mass is 229 g/mol. The zero-order chi connectivity index (χ0) is 11.8. The summed E-state index contributed by atoms with van der Waals surface area (Å²) < 4.78 is 0. The Balaban J connectivity index is 1.96. The smallest absolute Gasteiger partial charge is 0.000952 e. The SMILES string of the molecule is CN(C)CC1CCc2cccc3c2C1CCC3. The van der Waals surface area contributed by atoms with E-state index in [9.17, 15) is 0 Å². The highest BCUT2D eigenvalue weighted by atomic mass is 15.1. The van der Waals surface area contributed by atoms with E-state index >= 15 is 0 Å². The third-order valence-electron chi connectivity index (χ3n) is 4.57. The van der Waals surface area contributed by atoms with Crippen molar-refractivity contribution in [1.29, 1.82) is 0 Å². The quantitative estimate of drug-likeness (QED) is 0.752. The number of rotatable bonds is 2. The fraction of sp³-hybridized carbons (Fsp3) is 0.625.